The number of rotatable bonds is 5. The van der Waals surface area contributed by atoms with Gasteiger partial charge in [0.2, 0.25) is 0 Å². The summed E-state index contributed by atoms with van der Waals surface area (Å²) in [6.45, 7) is 3.74. The molecule has 0 spiro atoms. The zero-order valence-corrected chi connectivity index (χ0v) is 12.6. The van der Waals surface area contributed by atoms with E-state index in [1.165, 1.54) is 50.9 Å². The molecule has 1 unspecified atom stereocenters. The van der Waals surface area contributed by atoms with Crippen LogP contribution >= 0.6 is 11.6 Å². The van der Waals surface area contributed by atoms with Crippen molar-refractivity contribution in [2.45, 2.75) is 38.1 Å². The summed E-state index contributed by atoms with van der Waals surface area (Å²) in [5.41, 5.74) is 1.33. The molecule has 0 amide bonds. The van der Waals surface area contributed by atoms with Gasteiger partial charge in [0.15, 0.2) is 0 Å². The molecule has 1 aromatic rings. The van der Waals surface area contributed by atoms with E-state index in [0.29, 0.717) is 6.04 Å². The van der Waals surface area contributed by atoms with Crippen molar-refractivity contribution in [1.82, 2.24) is 10.2 Å². The molecule has 1 aromatic carbocycles. The maximum absolute atomic E-state index is 5.95. The van der Waals surface area contributed by atoms with Crippen LogP contribution in [0.1, 0.15) is 43.7 Å². The Balaban J connectivity index is 1.86. The molecule has 1 N–H and O–H groups in total. The number of halogens is 1. The smallest absolute Gasteiger partial charge is 0.0406 e. The van der Waals surface area contributed by atoms with Gasteiger partial charge in [-0.1, -0.05) is 36.6 Å². The van der Waals surface area contributed by atoms with Gasteiger partial charge in [0.05, 0.1) is 0 Å². The third-order valence-electron chi connectivity index (χ3n) is 4.05. The van der Waals surface area contributed by atoms with Crippen molar-refractivity contribution in [3.05, 3.63) is 34.9 Å². The second-order valence-corrected chi connectivity index (χ2v) is 5.87. The first-order valence-electron chi connectivity index (χ1n) is 7.44. The van der Waals surface area contributed by atoms with Gasteiger partial charge >= 0.3 is 0 Å². The third kappa shape index (κ3) is 4.79. The first kappa shape index (κ1) is 14.8. The van der Waals surface area contributed by atoms with E-state index in [1.807, 2.05) is 19.2 Å². The number of benzene rings is 1. The van der Waals surface area contributed by atoms with Gasteiger partial charge in [-0.05, 0) is 63.6 Å². The molecule has 1 aliphatic rings. The van der Waals surface area contributed by atoms with Crippen LogP contribution in [0.25, 0.3) is 0 Å². The minimum Gasteiger partial charge on any atom is -0.313 e. The third-order valence-corrected chi connectivity index (χ3v) is 4.31. The van der Waals surface area contributed by atoms with Gasteiger partial charge in [-0.15, -0.1) is 0 Å². The highest BCUT2D eigenvalue weighted by Gasteiger charge is 2.13. The summed E-state index contributed by atoms with van der Waals surface area (Å²) in [5, 5.41) is 4.23. The molecular formula is C16H25ClN2. The quantitative estimate of drug-likeness (QED) is 0.881. The molecule has 2 nitrogen and oxygen atoms in total. The van der Waals surface area contributed by atoms with Crippen molar-refractivity contribution in [2.24, 2.45) is 0 Å². The number of likely N-dealkylation sites (tertiary alicyclic amines) is 1. The fourth-order valence-electron chi connectivity index (χ4n) is 2.84. The van der Waals surface area contributed by atoms with Crippen molar-refractivity contribution in [3.63, 3.8) is 0 Å². The van der Waals surface area contributed by atoms with Crippen LogP contribution in [-0.2, 0) is 0 Å². The van der Waals surface area contributed by atoms with Crippen molar-refractivity contribution < 1.29 is 0 Å². The summed E-state index contributed by atoms with van der Waals surface area (Å²) in [5.74, 6) is 0. The highest BCUT2D eigenvalue weighted by Crippen LogP contribution is 2.20. The molecule has 106 valence electrons. The summed E-state index contributed by atoms with van der Waals surface area (Å²) >= 11 is 5.95. The number of nitrogens with one attached hydrogen (secondary N) is 1. The van der Waals surface area contributed by atoms with E-state index in [4.69, 9.17) is 11.6 Å². The predicted octanol–water partition coefficient (Wildman–Crippen LogP) is 3.87. The fraction of sp³-hybridized carbons (Fsp3) is 0.625. The van der Waals surface area contributed by atoms with Crippen LogP contribution in [0, 0.1) is 0 Å². The first-order chi connectivity index (χ1) is 9.29. The summed E-state index contributed by atoms with van der Waals surface area (Å²) in [4.78, 5) is 2.62. The standard InChI is InChI=1S/C16H25ClN2/c1-18-16(14-6-8-15(17)9-7-14)10-13-19-11-4-2-3-5-12-19/h6-9,16,18H,2-5,10-13H2,1H3. The Labute approximate surface area is 122 Å². The van der Waals surface area contributed by atoms with Gasteiger partial charge in [0.1, 0.15) is 0 Å². The maximum atomic E-state index is 5.95. The average molecular weight is 281 g/mol. The van der Waals surface area contributed by atoms with Gasteiger partial charge < -0.3 is 10.2 Å². The van der Waals surface area contributed by atoms with Crippen LogP contribution in [0.4, 0.5) is 0 Å². The van der Waals surface area contributed by atoms with Crippen molar-refractivity contribution in [1.29, 1.82) is 0 Å². The lowest BCUT2D eigenvalue weighted by molar-refractivity contribution is 0.268. The van der Waals surface area contributed by atoms with Crippen molar-refractivity contribution >= 4 is 11.6 Å². The molecule has 0 aliphatic carbocycles. The minimum atomic E-state index is 0.431. The second kappa shape index (κ2) is 7.88. The number of nitrogens with zero attached hydrogens (tertiary/aromatic N) is 1. The largest absolute Gasteiger partial charge is 0.313 e. The molecular weight excluding hydrogens is 256 g/mol. The number of hydrogen-bond acceptors (Lipinski definition) is 2. The summed E-state index contributed by atoms with van der Waals surface area (Å²) in [6.07, 6.45) is 6.71. The molecule has 19 heavy (non-hydrogen) atoms. The lowest BCUT2D eigenvalue weighted by Crippen LogP contribution is -2.29. The normalized spacial score (nSPS) is 19.1. The SMILES string of the molecule is CNC(CCN1CCCCCC1)c1ccc(Cl)cc1. The molecule has 0 bridgehead atoms. The molecule has 3 heteroatoms. The minimum absolute atomic E-state index is 0.431. The number of hydrogen-bond donors (Lipinski definition) is 1. The Bertz CT molecular complexity index is 356. The van der Waals surface area contributed by atoms with Crippen LogP contribution < -0.4 is 5.32 Å². The topological polar surface area (TPSA) is 15.3 Å². The van der Waals surface area contributed by atoms with E-state index < -0.39 is 0 Å². The van der Waals surface area contributed by atoms with Gasteiger partial charge in [0, 0.05) is 11.1 Å². The van der Waals surface area contributed by atoms with Gasteiger partial charge in [-0.25, -0.2) is 0 Å². The van der Waals surface area contributed by atoms with E-state index in [9.17, 15) is 0 Å². The molecule has 1 saturated heterocycles. The van der Waals surface area contributed by atoms with Gasteiger partial charge in [-0.2, -0.15) is 0 Å². The fourth-order valence-corrected chi connectivity index (χ4v) is 2.97. The first-order valence-corrected chi connectivity index (χ1v) is 7.82. The molecule has 1 atom stereocenters. The molecule has 0 aromatic heterocycles. The lowest BCUT2D eigenvalue weighted by atomic mass is 10.0. The van der Waals surface area contributed by atoms with Crippen LogP contribution in [-0.4, -0.2) is 31.6 Å². The second-order valence-electron chi connectivity index (χ2n) is 5.44. The van der Waals surface area contributed by atoms with Crippen LogP contribution in [0.3, 0.4) is 0 Å². The highest BCUT2D eigenvalue weighted by atomic mass is 35.5. The van der Waals surface area contributed by atoms with Crippen molar-refractivity contribution in [3.8, 4) is 0 Å². The zero-order chi connectivity index (χ0) is 13.5. The maximum Gasteiger partial charge on any atom is 0.0406 e. The Morgan fingerprint density at radius 3 is 2.32 bits per heavy atom. The Morgan fingerprint density at radius 2 is 1.74 bits per heavy atom. The molecule has 1 fully saturated rings. The predicted molar refractivity (Wildman–Crippen MR) is 82.8 cm³/mol. The van der Waals surface area contributed by atoms with Crippen LogP contribution in [0.15, 0.2) is 24.3 Å². The van der Waals surface area contributed by atoms with E-state index in [-0.39, 0.29) is 0 Å². The molecule has 2 rings (SSSR count). The zero-order valence-electron chi connectivity index (χ0n) is 11.9. The molecule has 1 heterocycles. The Hall–Kier alpha value is -0.570. The van der Waals surface area contributed by atoms with Crippen molar-refractivity contribution in [2.75, 3.05) is 26.7 Å². The Morgan fingerprint density at radius 1 is 1.11 bits per heavy atom. The summed E-state index contributed by atoms with van der Waals surface area (Å²) in [6, 6.07) is 8.65. The van der Waals surface area contributed by atoms with E-state index in [2.05, 4.69) is 22.3 Å². The van der Waals surface area contributed by atoms with Gasteiger partial charge in [-0.3, -0.25) is 0 Å². The van der Waals surface area contributed by atoms with Gasteiger partial charge in [0.25, 0.3) is 0 Å². The summed E-state index contributed by atoms with van der Waals surface area (Å²) in [7, 11) is 2.04. The molecule has 1 aliphatic heterocycles. The van der Waals surface area contributed by atoms with Crippen LogP contribution in [0.5, 0.6) is 0 Å². The molecule has 0 saturated carbocycles. The summed E-state index contributed by atoms with van der Waals surface area (Å²) < 4.78 is 0. The molecule has 0 radical (unpaired) electrons. The van der Waals surface area contributed by atoms with E-state index in [1.54, 1.807) is 0 Å². The van der Waals surface area contributed by atoms with Crippen LogP contribution in [0.2, 0.25) is 5.02 Å². The highest BCUT2D eigenvalue weighted by molar-refractivity contribution is 6.30. The van der Waals surface area contributed by atoms with E-state index in [0.717, 1.165) is 11.4 Å². The average Bonchev–Trinajstić information content (AvgIpc) is 2.70. The lowest BCUT2D eigenvalue weighted by Gasteiger charge is -2.23. The monoisotopic (exact) mass is 280 g/mol. The van der Waals surface area contributed by atoms with E-state index >= 15 is 0 Å². The Kier molecular flexibility index (Phi) is 6.15.